The molecule has 20 heavy (non-hydrogen) atoms. The van der Waals surface area contributed by atoms with Crippen LogP contribution in [0.5, 0.6) is 0 Å². The molecule has 0 aliphatic heterocycles. The van der Waals surface area contributed by atoms with E-state index in [-0.39, 0.29) is 11.4 Å². The van der Waals surface area contributed by atoms with Crippen LogP contribution >= 0.6 is 11.8 Å². The van der Waals surface area contributed by atoms with E-state index in [0.29, 0.717) is 12.5 Å². The van der Waals surface area contributed by atoms with E-state index in [4.69, 9.17) is 4.74 Å². The van der Waals surface area contributed by atoms with Crippen LogP contribution in [0.25, 0.3) is 0 Å². The highest BCUT2D eigenvalue weighted by Gasteiger charge is 2.44. The summed E-state index contributed by atoms with van der Waals surface area (Å²) in [5.74, 6) is 0.834. The van der Waals surface area contributed by atoms with Gasteiger partial charge in [0, 0.05) is 18.0 Å². The number of methoxy groups -OCH3 is 1. The van der Waals surface area contributed by atoms with E-state index in [1.807, 2.05) is 19.3 Å². The van der Waals surface area contributed by atoms with Crippen LogP contribution in [0.4, 0.5) is 0 Å². The van der Waals surface area contributed by atoms with Crippen molar-refractivity contribution in [2.75, 3.05) is 19.9 Å². The Labute approximate surface area is 124 Å². The number of hydrogen-bond donors (Lipinski definition) is 1. The summed E-state index contributed by atoms with van der Waals surface area (Å²) in [6.45, 7) is 2.13. The van der Waals surface area contributed by atoms with Crippen molar-refractivity contribution in [2.24, 2.45) is 5.41 Å². The summed E-state index contributed by atoms with van der Waals surface area (Å²) in [4.78, 5) is 15.8. The zero-order chi connectivity index (χ0) is 14.6. The van der Waals surface area contributed by atoms with Crippen LogP contribution in [0, 0.1) is 5.41 Å². The van der Waals surface area contributed by atoms with Gasteiger partial charge in [-0.2, -0.15) is 0 Å². The quantitative estimate of drug-likeness (QED) is 0.619. The van der Waals surface area contributed by atoms with Gasteiger partial charge in [-0.25, -0.2) is 4.98 Å². The Balaban J connectivity index is 1.92. The molecule has 1 aliphatic carbocycles. The van der Waals surface area contributed by atoms with Gasteiger partial charge >= 0.3 is 5.97 Å². The fraction of sp³-hybridized carbons (Fsp3) is 0.600. The molecule has 1 aromatic heterocycles. The molecule has 1 fully saturated rings. The number of nitrogens with one attached hydrogen (secondary N) is 1. The van der Waals surface area contributed by atoms with Gasteiger partial charge in [0.25, 0.3) is 0 Å². The molecule has 0 amide bonds. The van der Waals surface area contributed by atoms with E-state index >= 15 is 0 Å². The van der Waals surface area contributed by atoms with Crippen molar-refractivity contribution in [2.45, 2.75) is 37.3 Å². The molecule has 1 atom stereocenters. The highest BCUT2D eigenvalue weighted by atomic mass is 32.2. The molecule has 1 unspecified atom stereocenters. The molecule has 110 valence electrons. The Bertz CT molecular complexity index is 475. The standard InChI is InChI=1S/C15H22N2O2S/c1-11(16-2)12-4-7-17-13(8-12)20-10-15(5-6-15)9-14(18)19-3/h4,7-8,11,16H,5-6,9-10H2,1-3H3. The number of pyridine rings is 1. The Morgan fingerprint density at radius 3 is 2.95 bits per heavy atom. The SMILES string of the molecule is CNC(C)c1ccnc(SCC2(CC(=O)OC)CC2)c1. The van der Waals surface area contributed by atoms with E-state index in [0.717, 1.165) is 23.6 Å². The summed E-state index contributed by atoms with van der Waals surface area (Å²) in [6.07, 6.45) is 4.61. The van der Waals surface area contributed by atoms with Gasteiger partial charge in [0.05, 0.1) is 18.6 Å². The largest absolute Gasteiger partial charge is 0.469 e. The predicted molar refractivity (Wildman–Crippen MR) is 80.7 cm³/mol. The fourth-order valence-electron chi connectivity index (χ4n) is 2.09. The zero-order valence-corrected chi connectivity index (χ0v) is 13.1. The molecule has 1 saturated carbocycles. The maximum atomic E-state index is 11.4. The second kappa shape index (κ2) is 6.59. The number of rotatable bonds is 7. The van der Waals surface area contributed by atoms with E-state index in [1.54, 1.807) is 11.8 Å². The lowest BCUT2D eigenvalue weighted by Gasteiger charge is -2.14. The Hall–Kier alpha value is -1.07. The number of esters is 1. The van der Waals surface area contributed by atoms with Gasteiger partial charge in [-0.15, -0.1) is 11.8 Å². The minimum Gasteiger partial charge on any atom is -0.469 e. The normalized spacial score (nSPS) is 17.6. The average Bonchev–Trinajstić information content (AvgIpc) is 3.24. The van der Waals surface area contributed by atoms with Crippen LogP contribution in [-0.2, 0) is 9.53 Å². The van der Waals surface area contributed by atoms with Gasteiger partial charge in [0.1, 0.15) is 0 Å². The second-order valence-corrected chi connectivity index (χ2v) is 6.47. The topological polar surface area (TPSA) is 51.2 Å². The predicted octanol–water partition coefficient (Wildman–Crippen LogP) is 2.80. The third-order valence-electron chi connectivity index (χ3n) is 3.92. The first kappa shape index (κ1) is 15.3. The first-order valence-corrected chi connectivity index (χ1v) is 7.90. The average molecular weight is 294 g/mol. The van der Waals surface area contributed by atoms with E-state index in [1.165, 1.54) is 12.7 Å². The third-order valence-corrected chi connectivity index (χ3v) is 5.20. The number of carbonyl (C=O) groups excluding carboxylic acids is 1. The lowest BCUT2D eigenvalue weighted by atomic mass is 10.1. The number of nitrogens with zero attached hydrogens (tertiary/aromatic N) is 1. The van der Waals surface area contributed by atoms with Crippen LogP contribution < -0.4 is 5.32 Å². The van der Waals surface area contributed by atoms with Crippen LogP contribution in [0.3, 0.4) is 0 Å². The van der Waals surface area contributed by atoms with Crippen LogP contribution in [0.1, 0.15) is 37.8 Å². The Morgan fingerprint density at radius 2 is 2.35 bits per heavy atom. The van der Waals surface area contributed by atoms with Gasteiger partial charge in [0.15, 0.2) is 0 Å². The molecule has 1 aliphatic rings. The lowest BCUT2D eigenvalue weighted by molar-refractivity contribution is -0.141. The molecule has 0 saturated heterocycles. The van der Waals surface area contributed by atoms with Gasteiger partial charge < -0.3 is 10.1 Å². The van der Waals surface area contributed by atoms with E-state index in [2.05, 4.69) is 23.3 Å². The first-order chi connectivity index (χ1) is 9.58. The molecule has 0 radical (unpaired) electrons. The van der Waals surface area contributed by atoms with E-state index < -0.39 is 0 Å². The molecule has 0 aromatic carbocycles. The highest BCUT2D eigenvalue weighted by Crippen LogP contribution is 2.52. The van der Waals surface area contributed by atoms with Crippen LogP contribution in [-0.4, -0.2) is 30.9 Å². The molecule has 1 heterocycles. The highest BCUT2D eigenvalue weighted by molar-refractivity contribution is 7.99. The number of carbonyl (C=O) groups is 1. The minimum absolute atomic E-state index is 0.103. The minimum atomic E-state index is -0.103. The van der Waals surface area contributed by atoms with Crippen molar-refractivity contribution in [3.05, 3.63) is 23.9 Å². The van der Waals surface area contributed by atoms with Crippen molar-refractivity contribution in [1.82, 2.24) is 10.3 Å². The zero-order valence-electron chi connectivity index (χ0n) is 12.3. The summed E-state index contributed by atoms with van der Waals surface area (Å²) >= 11 is 1.74. The molecule has 1 aromatic rings. The number of hydrogen-bond acceptors (Lipinski definition) is 5. The van der Waals surface area contributed by atoms with Crippen LogP contribution in [0.15, 0.2) is 23.4 Å². The lowest BCUT2D eigenvalue weighted by Crippen LogP contribution is -2.13. The number of aromatic nitrogens is 1. The molecule has 2 rings (SSSR count). The third kappa shape index (κ3) is 3.96. The van der Waals surface area contributed by atoms with Crippen molar-refractivity contribution in [3.8, 4) is 0 Å². The monoisotopic (exact) mass is 294 g/mol. The van der Waals surface area contributed by atoms with Gasteiger partial charge in [-0.3, -0.25) is 4.79 Å². The van der Waals surface area contributed by atoms with Crippen molar-refractivity contribution >= 4 is 17.7 Å². The fourth-order valence-corrected chi connectivity index (χ4v) is 3.29. The molecular weight excluding hydrogens is 272 g/mol. The Kier molecular flexibility index (Phi) is 5.05. The number of ether oxygens (including phenoxy) is 1. The van der Waals surface area contributed by atoms with E-state index in [9.17, 15) is 4.79 Å². The first-order valence-electron chi connectivity index (χ1n) is 6.91. The second-order valence-electron chi connectivity index (χ2n) is 5.48. The maximum Gasteiger partial charge on any atom is 0.306 e. The molecule has 5 heteroatoms. The van der Waals surface area contributed by atoms with Crippen molar-refractivity contribution < 1.29 is 9.53 Å². The van der Waals surface area contributed by atoms with Crippen LogP contribution in [0.2, 0.25) is 0 Å². The smallest absolute Gasteiger partial charge is 0.306 e. The van der Waals surface area contributed by atoms with Crippen molar-refractivity contribution in [1.29, 1.82) is 0 Å². The van der Waals surface area contributed by atoms with Gasteiger partial charge in [-0.1, -0.05) is 0 Å². The molecule has 0 bridgehead atoms. The summed E-state index contributed by atoms with van der Waals surface area (Å²) in [6, 6.07) is 4.48. The summed E-state index contributed by atoms with van der Waals surface area (Å²) in [5, 5.41) is 4.26. The maximum absolute atomic E-state index is 11.4. The Morgan fingerprint density at radius 1 is 1.60 bits per heavy atom. The van der Waals surface area contributed by atoms with Crippen molar-refractivity contribution in [3.63, 3.8) is 0 Å². The molecular formula is C15H22N2O2S. The molecule has 0 spiro atoms. The number of thioether (sulfide) groups is 1. The molecule has 1 N–H and O–H groups in total. The summed E-state index contributed by atoms with van der Waals surface area (Å²) < 4.78 is 4.77. The van der Waals surface area contributed by atoms with Gasteiger partial charge in [-0.05, 0) is 49.9 Å². The van der Waals surface area contributed by atoms with Gasteiger partial charge in [0.2, 0.25) is 0 Å². The summed E-state index contributed by atoms with van der Waals surface area (Å²) in [7, 11) is 3.41. The molecule has 4 nitrogen and oxygen atoms in total. The summed E-state index contributed by atoms with van der Waals surface area (Å²) in [5.41, 5.74) is 1.38.